The van der Waals surface area contributed by atoms with Crippen LogP contribution in [0.15, 0.2) is 24.3 Å². The lowest BCUT2D eigenvalue weighted by molar-refractivity contribution is -0.121. The molecule has 20 heavy (non-hydrogen) atoms. The predicted octanol–water partition coefficient (Wildman–Crippen LogP) is 3.07. The van der Waals surface area contributed by atoms with Crippen LogP contribution in [0, 0.1) is 0 Å². The summed E-state index contributed by atoms with van der Waals surface area (Å²) in [7, 11) is 0. The quantitative estimate of drug-likeness (QED) is 0.793. The average Bonchev–Trinajstić information content (AvgIpc) is 2.71. The number of imide groups is 1. The van der Waals surface area contributed by atoms with E-state index >= 15 is 0 Å². The number of benzene rings is 1. The molecular weight excluding hydrogens is 254 g/mol. The van der Waals surface area contributed by atoms with Crippen molar-refractivity contribution in [3.05, 3.63) is 35.4 Å². The molecule has 0 radical (unpaired) electrons. The molecule has 0 saturated carbocycles. The van der Waals surface area contributed by atoms with Crippen molar-refractivity contribution in [3.63, 3.8) is 0 Å². The molecule has 2 rings (SSSR count). The van der Waals surface area contributed by atoms with Crippen LogP contribution in [0.3, 0.4) is 0 Å². The van der Waals surface area contributed by atoms with E-state index in [4.69, 9.17) is 0 Å². The van der Waals surface area contributed by atoms with Crippen LogP contribution in [-0.4, -0.2) is 28.5 Å². The third kappa shape index (κ3) is 2.79. The Morgan fingerprint density at radius 1 is 1.10 bits per heavy atom. The molecule has 1 aliphatic heterocycles. The lowest BCUT2D eigenvalue weighted by atomic mass is 10.1. The summed E-state index contributed by atoms with van der Waals surface area (Å²) in [5.74, 6) is -0.861. The fourth-order valence-electron chi connectivity index (χ4n) is 2.28. The Morgan fingerprint density at radius 3 is 1.90 bits per heavy atom. The molecule has 0 bridgehead atoms. The first-order valence-corrected chi connectivity index (χ1v) is 7.05. The van der Waals surface area contributed by atoms with Gasteiger partial charge in [-0.05, 0) is 25.5 Å². The van der Waals surface area contributed by atoms with Crippen molar-refractivity contribution in [2.24, 2.45) is 0 Å². The number of hydrogen-bond donors (Lipinski definition) is 0. The number of ketones is 1. The van der Waals surface area contributed by atoms with Crippen LogP contribution in [-0.2, 0) is 4.79 Å². The van der Waals surface area contributed by atoms with Gasteiger partial charge in [-0.15, -0.1) is 0 Å². The number of Topliss-reactive ketones (excluding diaryl/α,β-unsaturated/α-hetero) is 1. The van der Waals surface area contributed by atoms with Crippen LogP contribution in [0.5, 0.6) is 0 Å². The molecule has 0 N–H and O–H groups in total. The lowest BCUT2D eigenvalue weighted by Crippen LogP contribution is -2.43. The molecule has 0 aromatic heterocycles. The van der Waals surface area contributed by atoms with Crippen molar-refractivity contribution < 1.29 is 14.4 Å². The third-order valence-electron chi connectivity index (χ3n) is 3.17. The molecule has 1 unspecified atom stereocenters. The lowest BCUT2D eigenvalue weighted by Gasteiger charge is -2.23. The highest BCUT2D eigenvalue weighted by atomic mass is 16.2. The van der Waals surface area contributed by atoms with Gasteiger partial charge in [0.2, 0.25) is 0 Å². The number of amides is 2. The number of fused-ring (bicyclic) bond motifs is 1. The Hall–Kier alpha value is -1.97. The molecule has 0 fully saturated rings. The highest BCUT2D eigenvalue weighted by Crippen LogP contribution is 2.26. The Labute approximate surface area is 119 Å². The van der Waals surface area contributed by atoms with Crippen LogP contribution in [0.1, 0.15) is 61.3 Å². The second-order valence-corrected chi connectivity index (χ2v) is 4.44. The molecule has 1 aromatic carbocycles. The van der Waals surface area contributed by atoms with Crippen molar-refractivity contribution in [3.8, 4) is 0 Å². The first-order chi connectivity index (χ1) is 9.57. The van der Waals surface area contributed by atoms with Crippen LogP contribution < -0.4 is 0 Å². The van der Waals surface area contributed by atoms with Gasteiger partial charge >= 0.3 is 0 Å². The van der Waals surface area contributed by atoms with Gasteiger partial charge in [0, 0.05) is 0 Å². The van der Waals surface area contributed by atoms with Crippen molar-refractivity contribution in [2.45, 2.75) is 46.6 Å². The second kappa shape index (κ2) is 6.98. The van der Waals surface area contributed by atoms with E-state index in [-0.39, 0.29) is 17.6 Å². The Kier molecular flexibility index (Phi) is 5.62. The minimum atomic E-state index is -0.637. The zero-order chi connectivity index (χ0) is 15.3. The summed E-state index contributed by atoms with van der Waals surface area (Å²) in [5, 5.41) is 0. The summed E-state index contributed by atoms with van der Waals surface area (Å²) in [6, 6.07) is 6.05. The van der Waals surface area contributed by atoms with Gasteiger partial charge in [0.15, 0.2) is 5.78 Å². The smallest absolute Gasteiger partial charge is 0.262 e. The second-order valence-electron chi connectivity index (χ2n) is 4.44. The monoisotopic (exact) mass is 275 g/mol. The summed E-state index contributed by atoms with van der Waals surface area (Å²) in [6.45, 7) is 7.35. The van der Waals surface area contributed by atoms with Crippen molar-refractivity contribution >= 4 is 17.6 Å². The van der Waals surface area contributed by atoms with Crippen molar-refractivity contribution in [2.75, 3.05) is 0 Å². The van der Waals surface area contributed by atoms with E-state index < -0.39 is 6.04 Å². The number of rotatable bonds is 4. The fraction of sp³-hybridized carbons (Fsp3) is 0.438. The largest absolute Gasteiger partial charge is 0.298 e. The van der Waals surface area contributed by atoms with E-state index in [0.717, 1.165) is 11.3 Å². The number of nitrogens with zero attached hydrogens (tertiary/aromatic N) is 1. The van der Waals surface area contributed by atoms with E-state index in [1.807, 2.05) is 20.8 Å². The fourth-order valence-corrected chi connectivity index (χ4v) is 2.28. The van der Waals surface area contributed by atoms with Gasteiger partial charge in [-0.2, -0.15) is 0 Å². The number of hydrogen-bond acceptors (Lipinski definition) is 3. The highest BCUT2D eigenvalue weighted by Gasteiger charge is 2.40. The van der Waals surface area contributed by atoms with E-state index in [2.05, 4.69) is 0 Å². The minimum absolute atomic E-state index is 0.147. The van der Waals surface area contributed by atoms with Gasteiger partial charge in [-0.25, -0.2) is 0 Å². The molecular formula is C16H21NO3. The molecule has 4 heteroatoms. The molecule has 1 heterocycles. The van der Waals surface area contributed by atoms with Gasteiger partial charge < -0.3 is 0 Å². The molecule has 0 saturated heterocycles. The molecule has 0 spiro atoms. The normalized spacial score (nSPS) is 14.5. The standard InChI is InChI=1S/C14H15NO3.C2H6/c1-3-6-12(9(2)16)15-13(17)10-7-4-5-8-11(10)14(15)18;1-2/h4-5,7-8,12H,3,6H2,1-2H3;1-2H3. The molecule has 108 valence electrons. The third-order valence-corrected chi connectivity index (χ3v) is 3.17. The zero-order valence-corrected chi connectivity index (χ0v) is 12.5. The summed E-state index contributed by atoms with van der Waals surface area (Å²) >= 11 is 0. The van der Waals surface area contributed by atoms with Crippen LogP contribution in [0.25, 0.3) is 0 Å². The zero-order valence-electron chi connectivity index (χ0n) is 12.5. The number of carbonyl (C=O) groups is 3. The van der Waals surface area contributed by atoms with Crippen molar-refractivity contribution in [1.82, 2.24) is 4.90 Å². The molecule has 1 atom stereocenters. The van der Waals surface area contributed by atoms with E-state index in [1.165, 1.54) is 6.92 Å². The van der Waals surface area contributed by atoms with Crippen LogP contribution in [0.2, 0.25) is 0 Å². The Balaban J connectivity index is 0.000000956. The number of carbonyl (C=O) groups excluding carboxylic acids is 3. The van der Waals surface area contributed by atoms with Gasteiger partial charge in [-0.1, -0.05) is 39.3 Å². The highest BCUT2D eigenvalue weighted by molar-refractivity contribution is 6.22. The molecule has 1 aromatic rings. The predicted molar refractivity (Wildman–Crippen MR) is 77.7 cm³/mol. The maximum atomic E-state index is 12.2. The maximum absolute atomic E-state index is 12.2. The summed E-state index contributed by atoms with van der Waals surface area (Å²) in [5.41, 5.74) is 0.787. The van der Waals surface area contributed by atoms with E-state index in [1.54, 1.807) is 24.3 Å². The van der Waals surface area contributed by atoms with E-state index in [9.17, 15) is 14.4 Å². The van der Waals surface area contributed by atoms with Gasteiger partial charge in [0.25, 0.3) is 11.8 Å². The van der Waals surface area contributed by atoms with E-state index in [0.29, 0.717) is 17.5 Å². The molecule has 2 amide bonds. The summed E-state index contributed by atoms with van der Waals surface area (Å²) in [6.07, 6.45) is 1.26. The SMILES string of the molecule is CC.CCCC(C(C)=O)N1C(=O)c2ccccc2C1=O. The van der Waals surface area contributed by atoms with Crippen LogP contribution in [0.4, 0.5) is 0 Å². The van der Waals surface area contributed by atoms with Crippen LogP contribution >= 0.6 is 0 Å². The summed E-state index contributed by atoms with van der Waals surface area (Å²) in [4.78, 5) is 37.1. The Bertz CT molecular complexity index is 487. The Morgan fingerprint density at radius 2 is 1.55 bits per heavy atom. The molecule has 1 aliphatic rings. The maximum Gasteiger partial charge on any atom is 0.262 e. The van der Waals surface area contributed by atoms with Crippen molar-refractivity contribution in [1.29, 1.82) is 0 Å². The molecule has 0 aliphatic carbocycles. The van der Waals surface area contributed by atoms with Gasteiger partial charge in [0.05, 0.1) is 17.2 Å². The first kappa shape index (κ1) is 16.1. The first-order valence-electron chi connectivity index (χ1n) is 7.05. The van der Waals surface area contributed by atoms with Gasteiger partial charge in [0.1, 0.15) is 0 Å². The van der Waals surface area contributed by atoms with Gasteiger partial charge in [-0.3, -0.25) is 19.3 Å². The minimum Gasteiger partial charge on any atom is -0.298 e. The topological polar surface area (TPSA) is 54.5 Å². The summed E-state index contributed by atoms with van der Waals surface area (Å²) < 4.78 is 0. The average molecular weight is 275 g/mol. The molecule has 4 nitrogen and oxygen atoms in total.